The number of carbonyl (C=O) groups excluding carboxylic acids is 1. The zero-order valence-corrected chi connectivity index (χ0v) is 28.6. The van der Waals surface area contributed by atoms with Gasteiger partial charge >= 0.3 is 5.97 Å². The largest absolute Gasteiger partial charge is 0.507 e. The average molecular weight is 711 g/mol. The van der Waals surface area contributed by atoms with Gasteiger partial charge in [-0.25, -0.2) is 4.79 Å². The molecule has 0 aliphatic carbocycles. The molecule has 2 aliphatic heterocycles. The first-order chi connectivity index (χ1) is 25.3. The van der Waals surface area contributed by atoms with Crippen LogP contribution in [-0.2, 0) is 30.0 Å². The van der Waals surface area contributed by atoms with Crippen LogP contribution in [-0.4, -0.2) is 44.4 Å². The van der Waals surface area contributed by atoms with E-state index in [1.54, 1.807) is 37.7 Å². The van der Waals surface area contributed by atoms with Crippen molar-refractivity contribution in [2.24, 2.45) is 4.99 Å². The standard InChI is InChI=1S/C41H31ClN4O6/c1-50-28-12-14-35(25(18-28)22-46(23-26-8-4-6-16-43-26)24-27-9-5-7-17-44-27)45-21-30-36(47)15-13-32-39(30)51-38-20-37(48)34(42)19-33(38)41(32)31-11-3-2-10-29(31)40(49)52-41/h2-21,47-48H,22-24H2,1H3. The first-order valence-corrected chi connectivity index (χ1v) is 16.8. The lowest BCUT2D eigenvalue weighted by molar-refractivity contribution is 0.0224. The third-order valence-electron chi connectivity index (χ3n) is 9.20. The Morgan fingerprint density at radius 2 is 1.56 bits per heavy atom. The molecule has 1 unspecified atom stereocenters. The Kier molecular flexibility index (Phi) is 8.54. The summed E-state index contributed by atoms with van der Waals surface area (Å²) >= 11 is 6.41. The molecule has 1 atom stereocenters. The summed E-state index contributed by atoms with van der Waals surface area (Å²) < 4.78 is 18.2. The zero-order valence-electron chi connectivity index (χ0n) is 27.9. The number of fused-ring (bicyclic) bond motifs is 6. The minimum Gasteiger partial charge on any atom is -0.507 e. The number of aromatic hydroxyl groups is 2. The number of aromatic nitrogens is 2. The quantitative estimate of drug-likeness (QED) is 0.113. The molecule has 6 aromatic rings. The highest BCUT2D eigenvalue weighted by Gasteiger charge is 2.54. The van der Waals surface area contributed by atoms with Crippen LogP contribution in [0.2, 0.25) is 5.02 Å². The van der Waals surface area contributed by atoms with E-state index < -0.39 is 11.6 Å². The molecule has 2 N–H and O–H groups in total. The van der Waals surface area contributed by atoms with E-state index in [9.17, 15) is 15.0 Å². The fourth-order valence-corrected chi connectivity index (χ4v) is 6.96. The highest BCUT2D eigenvalue weighted by atomic mass is 35.5. The molecule has 1 spiro atoms. The number of methoxy groups -OCH3 is 1. The van der Waals surface area contributed by atoms with Crippen LogP contribution in [0.25, 0.3) is 0 Å². The molecule has 0 fully saturated rings. The molecule has 0 radical (unpaired) electrons. The molecule has 8 rings (SSSR count). The predicted octanol–water partition coefficient (Wildman–Crippen LogP) is 8.07. The van der Waals surface area contributed by atoms with Gasteiger partial charge in [-0.05, 0) is 72.3 Å². The van der Waals surface area contributed by atoms with Crippen LogP contribution in [0.4, 0.5) is 5.69 Å². The number of benzene rings is 4. The van der Waals surface area contributed by atoms with Gasteiger partial charge in [0.25, 0.3) is 0 Å². The van der Waals surface area contributed by atoms with Crippen LogP contribution in [0, 0.1) is 0 Å². The second kappa shape index (κ2) is 13.5. The maximum Gasteiger partial charge on any atom is 0.340 e. The van der Waals surface area contributed by atoms with E-state index in [-0.39, 0.29) is 33.6 Å². The van der Waals surface area contributed by atoms with Crippen molar-refractivity contribution in [3.05, 3.63) is 165 Å². The molecule has 0 bridgehead atoms. The molecule has 52 heavy (non-hydrogen) atoms. The molecular weight excluding hydrogens is 680 g/mol. The number of phenolic OH excluding ortho intramolecular Hbond substituents is 2. The van der Waals surface area contributed by atoms with Crippen molar-refractivity contribution in [3.8, 4) is 28.7 Å². The van der Waals surface area contributed by atoms with Gasteiger partial charge in [-0.3, -0.25) is 19.9 Å². The Balaban J connectivity index is 1.22. The Morgan fingerprint density at radius 3 is 2.27 bits per heavy atom. The highest BCUT2D eigenvalue weighted by Crippen LogP contribution is 2.58. The summed E-state index contributed by atoms with van der Waals surface area (Å²) in [7, 11) is 1.61. The Morgan fingerprint density at radius 1 is 0.827 bits per heavy atom. The molecule has 258 valence electrons. The number of aliphatic imine (C=N–C) groups is 1. The van der Waals surface area contributed by atoms with E-state index in [1.807, 2.05) is 66.7 Å². The minimum absolute atomic E-state index is 0.0679. The smallest absolute Gasteiger partial charge is 0.340 e. The lowest BCUT2D eigenvalue weighted by atomic mass is 9.77. The summed E-state index contributed by atoms with van der Waals surface area (Å²) in [4.78, 5) is 29.5. The fraction of sp³-hybridized carbons (Fsp3) is 0.122. The molecule has 10 nitrogen and oxygen atoms in total. The summed E-state index contributed by atoms with van der Waals surface area (Å²) in [5.74, 6) is 0.237. The van der Waals surface area contributed by atoms with Crippen LogP contribution >= 0.6 is 11.6 Å². The van der Waals surface area contributed by atoms with E-state index in [1.165, 1.54) is 24.4 Å². The van der Waals surface area contributed by atoms with Gasteiger partial charge in [0.1, 0.15) is 28.7 Å². The van der Waals surface area contributed by atoms with Gasteiger partial charge in [-0.2, -0.15) is 0 Å². The summed E-state index contributed by atoms with van der Waals surface area (Å²) in [6, 6.07) is 30.4. The number of carbonyl (C=O) groups is 1. The number of phenols is 2. The van der Waals surface area contributed by atoms with Crippen LogP contribution in [0.3, 0.4) is 0 Å². The van der Waals surface area contributed by atoms with Gasteiger partial charge < -0.3 is 24.4 Å². The predicted molar refractivity (Wildman–Crippen MR) is 195 cm³/mol. The summed E-state index contributed by atoms with van der Waals surface area (Å²) in [5.41, 5.74) is 3.94. The van der Waals surface area contributed by atoms with Gasteiger partial charge in [0, 0.05) is 61.0 Å². The number of ether oxygens (including phenoxy) is 3. The number of halogens is 1. The van der Waals surface area contributed by atoms with Crippen LogP contribution in [0.15, 0.2) is 121 Å². The highest BCUT2D eigenvalue weighted by molar-refractivity contribution is 6.32. The van der Waals surface area contributed by atoms with E-state index >= 15 is 0 Å². The fourth-order valence-electron chi connectivity index (χ4n) is 6.80. The van der Waals surface area contributed by atoms with Gasteiger partial charge in [0.15, 0.2) is 5.60 Å². The number of esters is 1. The number of rotatable bonds is 9. The van der Waals surface area contributed by atoms with E-state index in [0.717, 1.165) is 17.0 Å². The topological polar surface area (TPSA) is 127 Å². The van der Waals surface area contributed by atoms with Crippen LogP contribution in [0.1, 0.15) is 49.6 Å². The number of hydrogen-bond acceptors (Lipinski definition) is 10. The van der Waals surface area contributed by atoms with Gasteiger partial charge in [-0.15, -0.1) is 0 Å². The van der Waals surface area contributed by atoms with Crippen molar-refractivity contribution >= 4 is 29.5 Å². The maximum atomic E-state index is 13.3. The molecule has 4 heterocycles. The lowest BCUT2D eigenvalue weighted by Crippen LogP contribution is -2.33. The molecular formula is C41H31ClN4O6. The van der Waals surface area contributed by atoms with Gasteiger partial charge in [0.05, 0.1) is 40.3 Å². The van der Waals surface area contributed by atoms with E-state index in [4.69, 9.17) is 30.8 Å². The summed E-state index contributed by atoms with van der Waals surface area (Å²) in [6.07, 6.45) is 5.07. The monoisotopic (exact) mass is 710 g/mol. The van der Waals surface area contributed by atoms with Crippen molar-refractivity contribution < 1.29 is 29.2 Å². The van der Waals surface area contributed by atoms with Crippen LogP contribution in [0.5, 0.6) is 28.7 Å². The molecule has 2 aliphatic rings. The van der Waals surface area contributed by atoms with Crippen LogP contribution < -0.4 is 9.47 Å². The normalized spacial score (nSPS) is 15.6. The first-order valence-electron chi connectivity index (χ1n) is 16.5. The summed E-state index contributed by atoms with van der Waals surface area (Å²) in [6.45, 7) is 1.57. The van der Waals surface area contributed by atoms with Gasteiger partial charge in [0.2, 0.25) is 0 Å². The molecule has 0 saturated heterocycles. The SMILES string of the molecule is COc1ccc(N=Cc2c(O)ccc3c2Oc2cc(O)c(Cl)cc2C32OC(=O)c3ccccc32)c(CN(Cc2ccccn2)Cc2ccccn2)c1. The molecule has 0 amide bonds. The molecule has 11 heteroatoms. The zero-order chi connectivity index (χ0) is 35.8. The Bertz CT molecular complexity index is 2310. The third-order valence-corrected chi connectivity index (χ3v) is 9.50. The second-order valence-electron chi connectivity index (χ2n) is 12.4. The van der Waals surface area contributed by atoms with Crippen molar-refractivity contribution in [3.63, 3.8) is 0 Å². The van der Waals surface area contributed by atoms with Crippen molar-refractivity contribution in [2.45, 2.75) is 25.2 Å². The van der Waals surface area contributed by atoms with Crippen molar-refractivity contribution in [2.75, 3.05) is 7.11 Å². The molecule has 4 aromatic carbocycles. The lowest BCUT2D eigenvalue weighted by Gasteiger charge is -2.37. The first kappa shape index (κ1) is 32.9. The van der Waals surface area contributed by atoms with Crippen molar-refractivity contribution in [1.29, 1.82) is 0 Å². The minimum atomic E-state index is -1.47. The van der Waals surface area contributed by atoms with Crippen molar-refractivity contribution in [1.82, 2.24) is 14.9 Å². The molecule has 0 saturated carbocycles. The second-order valence-corrected chi connectivity index (χ2v) is 12.8. The third kappa shape index (κ3) is 5.87. The van der Waals surface area contributed by atoms with E-state index in [0.29, 0.717) is 53.3 Å². The average Bonchev–Trinajstić information content (AvgIpc) is 3.45. The summed E-state index contributed by atoms with van der Waals surface area (Å²) in [5, 5.41) is 22.0. The number of pyridine rings is 2. The molecule has 2 aromatic heterocycles. The Labute approximate surface area is 304 Å². The number of nitrogens with zero attached hydrogens (tertiary/aromatic N) is 4. The van der Waals surface area contributed by atoms with Gasteiger partial charge in [-0.1, -0.05) is 41.9 Å². The van der Waals surface area contributed by atoms with E-state index in [2.05, 4.69) is 14.9 Å². The Hall–Kier alpha value is -6.23. The maximum absolute atomic E-state index is 13.3. The number of hydrogen-bond donors (Lipinski definition) is 2.